The summed E-state index contributed by atoms with van der Waals surface area (Å²) >= 11 is 0. The van der Waals surface area contributed by atoms with Crippen LogP contribution in [0.1, 0.15) is 35.8 Å². The number of rotatable bonds is 6. The fraction of sp³-hybridized carbons (Fsp3) is 0.474. The van der Waals surface area contributed by atoms with Crippen molar-refractivity contribution in [2.75, 3.05) is 26.2 Å². The van der Waals surface area contributed by atoms with Crippen LogP contribution in [0.4, 0.5) is 4.39 Å². The Kier molecular flexibility index (Phi) is 5.48. The van der Waals surface area contributed by atoms with Crippen molar-refractivity contribution in [2.24, 2.45) is 5.41 Å². The lowest BCUT2D eigenvalue weighted by Crippen LogP contribution is -2.43. The summed E-state index contributed by atoms with van der Waals surface area (Å²) in [6.45, 7) is 5.85. The Morgan fingerprint density at radius 2 is 2.04 bits per heavy atom. The molecule has 134 valence electrons. The third kappa shape index (κ3) is 4.89. The number of hydrogen-bond acceptors (Lipinski definition) is 3. The van der Waals surface area contributed by atoms with E-state index in [1.807, 2.05) is 12.1 Å². The van der Waals surface area contributed by atoms with E-state index in [2.05, 4.69) is 27.1 Å². The van der Waals surface area contributed by atoms with Crippen LogP contribution in [0.3, 0.4) is 0 Å². The molecule has 0 bridgehead atoms. The van der Waals surface area contributed by atoms with Gasteiger partial charge in [-0.1, -0.05) is 19.1 Å². The molecule has 25 heavy (non-hydrogen) atoms. The Morgan fingerprint density at radius 3 is 2.68 bits per heavy atom. The first-order valence-electron chi connectivity index (χ1n) is 8.77. The molecule has 1 amide bonds. The molecule has 5 nitrogen and oxygen atoms in total. The topological polar surface area (TPSA) is 61.0 Å². The van der Waals surface area contributed by atoms with Crippen molar-refractivity contribution in [3.8, 4) is 0 Å². The lowest BCUT2D eigenvalue weighted by Gasteiger charge is -2.39. The summed E-state index contributed by atoms with van der Waals surface area (Å²) in [6, 6.07) is 6.85. The van der Waals surface area contributed by atoms with Gasteiger partial charge in [-0.2, -0.15) is 0 Å². The lowest BCUT2D eigenvalue weighted by atomic mass is 9.75. The summed E-state index contributed by atoms with van der Waals surface area (Å²) in [7, 11) is 0. The van der Waals surface area contributed by atoms with E-state index >= 15 is 0 Å². The number of likely N-dealkylation sites (tertiary alicyclic amines) is 1. The Hall–Kier alpha value is -2.21. The van der Waals surface area contributed by atoms with Gasteiger partial charge >= 0.3 is 0 Å². The molecule has 1 aromatic carbocycles. The molecular weight excluding hydrogens is 319 g/mol. The Labute approximate surface area is 147 Å². The van der Waals surface area contributed by atoms with Crippen LogP contribution in [0.15, 0.2) is 36.8 Å². The van der Waals surface area contributed by atoms with Crippen LogP contribution < -0.4 is 5.32 Å². The highest BCUT2D eigenvalue weighted by Gasteiger charge is 2.30. The number of H-pyrrole nitrogens is 1. The molecule has 0 spiro atoms. The molecule has 0 atom stereocenters. The van der Waals surface area contributed by atoms with Crippen LogP contribution in [0, 0.1) is 11.2 Å². The van der Waals surface area contributed by atoms with Gasteiger partial charge in [0, 0.05) is 13.1 Å². The highest BCUT2D eigenvalue weighted by atomic mass is 19.1. The summed E-state index contributed by atoms with van der Waals surface area (Å²) < 4.78 is 13.0. The van der Waals surface area contributed by atoms with Crippen molar-refractivity contribution in [3.05, 3.63) is 53.9 Å². The Balaban J connectivity index is 1.40. The second-order valence-corrected chi connectivity index (χ2v) is 7.18. The third-order valence-corrected chi connectivity index (χ3v) is 5.06. The van der Waals surface area contributed by atoms with E-state index < -0.39 is 0 Å². The minimum atomic E-state index is -0.180. The zero-order valence-corrected chi connectivity index (χ0v) is 14.6. The number of nitrogens with zero attached hydrogens (tertiary/aromatic N) is 2. The molecule has 1 aliphatic rings. The normalized spacial score (nSPS) is 17.4. The lowest BCUT2D eigenvalue weighted by molar-refractivity contribution is 0.0922. The van der Waals surface area contributed by atoms with Gasteiger partial charge in [0.05, 0.1) is 12.5 Å². The zero-order chi connectivity index (χ0) is 17.7. The monoisotopic (exact) mass is 344 g/mol. The SMILES string of the molecule is CC1(Cc2ccc(F)cc2)CCN(CCNC(=O)c2cnc[nH]2)CC1. The van der Waals surface area contributed by atoms with Gasteiger partial charge in [-0.25, -0.2) is 9.37 Å². The molecule has 0 aliphatic carbocycles. The maximum atomic E-state index is 13.0. The molecule has 1 aromatic heterocycles. The molecule has 2 N–H and O–H groups in total. The van der Waals surface area contributed by atoms with Crippen LogP contribution in [0.2, 0.25) is 0 Å². The smallest absolute Gasteiger partial charge is 0.269 e. The van der Waals surface area contributed by atoms with Gasteiger partial charge in [0.2, 0.25) is 0 Å². The number of benzene rings is 1. The number of carbonyl (C=O) groups is 1. The van der Waals surface area contributed by atoms with Crippen LogP contribution >= 0.6 is 0 Å². The van der Waals surface area contributed by atoms with Gasteiger partial charge < -0.3 is 15.2 Å². The van der Waals surface area contributed by atoms with Crippen molar-refractivity contribution in [1.82, 2.24) is 20.2 Å². The predicted molar refractivity (Wildman–Crippen MR) is 94.8 cm³/mol. The number of amides is 1. The van der Waals surface area contributed by atoms with Crippen molar-refractivity contribution in [3.63, 3.8) is 0 Å². The third-order valence-electron chi connectivity index (χ3n) is 5.06. The summed E-state index contributed by atoms with van der Waals surface area (Å²) in [6.07, 6.45) is 6.23. The van der Waals surface area contributed by atoms with E-state index in [4.69, 9.17) is 0 Å². The minimum absolute atomic E-state index is 0.115. The molecule has 1 aliphatic heterocycles. The minimum Gasteiger partial charge on any atom is -0.349 e. The predicted octanol–water partition coefficient (Wildman–Crippen LogP) is 2.62. The molecule has 1 fully saturated rings. The van der Waals surface area contributed by atoms with Gasteiger partial charge in [-0.15, -0.1) is 0 Å². The molecule has 6 heteroatoms. The number of nitrogens with one attached hydrogen (secondary N) is 2. The maximum Gasteiger partial charge on any atom is 0.269 e. The number of aromatic amines is 1. The molecule has 0 saturated carbocycles. The van der Waals surface area contributed by atoms with Crippen molar-refractivity contribution < 1.29 is 9.18 Å². The number of halogens is 1. The fourth-order valence-electron chi connectivity index (χ4n) is 3.39. The highest BCUT2D eigenvalue weighted by molar-refractivity contribution is 5.91. The first kappa shape index (κ1) is 17.6. The summed E-state index contributed by atoms with van der Waals surface area (Å²) in [5.74, 6) is -0.295. The summed E-state index contributed by atoms with van der Waals surface area (Å²) in [5.41, 5.74) is 1.95. The molecule has 3 rings (SSSR count). The van der Waals surface area contributed by atoms with Crippen LogP contribution in [0.25, 0.3) is 0 Å². The first-order chi connectivity index (χ1) is 12.0. The largest absolute Gasteiger partial charge is 0.349 e. The van der Waals surface area contributed by atoms with Gasteiger partial charge in [0.15, 0.2) is 0 Å². The van der Waals surface area contributed by atoms with Crippen LogP contribution in [-0.4, -0.2) is 47.0 Å². The van der Waals surface area contributed by atoms with E-state index in [-0.39, 0.29) is 17.1 Å². The fourth-order valence-corrected chi connectivity index (χ4v) is 3.39. The molecule has 2 heterocycles. The average Bonchev–Trinajstić information content (AvgIpc) is 3.13. The van der Waals surface area contributed by atoms with E-state index in [9.17, 15) is 9.18 Å². The van der Waals surface area contributed by atoms with E-state index in [1.165, 1.54) is 30.2 Å². The number of aromatic nitrogens is 2. The van der Waals surface area contributed by atoms with Crippen LogP contribution in [0.5, 0.6) is 0 Å². The average molecular weight is 344 g/mol. The Bertz CT molecular complexity index is 676. The first-order valence-corrected chi connectivity index (χ1v) is 8.77. The summed E-state index contributed by atoms with van der Waals surface area (Å²) in [5, 5.41) is 2.91. The number of imidazole rings is 1. The van der Waals surface area contributed by atoms with E-state index in [0.717, 1.165) is 38.9 Å². The highest BCUT2D eigenvalue weighted by Crippen LogP contribution is 2.34. The quantitative estimate of drug-likeness (QED) is 0.847. The van der Waals surface area contributed by atoms with E-state index in [0.29, 0.717) is 12.2 Å². The number of hydrogen-bond donors (Lipinski definition) is 2. The number of piperidine rings is 1. The standard InChI is InChI=1S/C19H25FN4O/c1-19(12-15-2-4-16(20)5-3-15)6-9-24(10-7-19)11-8-22-18(25)17-13-21-14-23-17/h2-5,13-14H,6-12H2,1H3,(H,21,23)(H,22,25). The van der Waals surface area contributed by atoms with Crippen molar-refractivity contribution in [2.45, 2.75) is 26.2 Å². The Morgan fingerprint density at radius 1 is 1.32 bits per heavy atom. The molecule has 0 unspecified atom stereocenters. The number of carbonyl (C=O) groups excluding carboxylic acids is 1. The second-order valence-electron chi connectivity index (χ2n) is 7.18. The van der Waals surface area contributed by atoms with Gasteiger partial charge in [-0.3, -0.25) is 4.79 Å². The zero-order valence-electron chi connectivity index (χ0n) is 14.6. The molecular formula is C19H25FN4O. The van der Waals surface area contributed by atoms with Crippen molar-refractivity contribution >= 4 is 5.91 Å². The van der Waals surface area contributed by atoms with Crippen molar-refractivity contribution in [1.29, 1.82) is 0 Å². The molecule has 1 saturated heterocycles. The van der Waals surface area contributed by atoms with E-state index in [1.54, 1.807) is 0 Å². The van der Waals surface area contributed by atoms with Gasteiger partial charge in [0.25, 0.3) is 5.91 Å². The second kappa shape index (κ2) is 7.78. The summed E-state index contributed by atoms with van der Waals surface area (Å²) in [4.78, 5) is 20.9. The molecule has 2 aromatic rings. The molecule has 0 radical (unpaired) electrons. The van der Waals surface area contributed by atoms with Crippen LogP contribution in [-0.2, 0) is 6.42 Å². The van der Waals surface area contributed by atoms with Gasteiger partial charge in [0.1, 0.15) is 11.5 Å². The van der Waals surface area contributed by atoms with Gasteiger partial charge in [-0.05, 0) is 55.5 Å². The maximum absolute atomic E-state index is 13.0.